The maximum atomic E-state index is 11.3. The predicted molar refractivity (Wildman–Crippen MR) is 58.8 cm³/mol. The maximum absolute atomic E-state index is 11.3. The fourth-order valence-corrected chi connectivity index (χ4v) is 1.49. The molecule has 1 aromatic rings. The summed E-state index contributed by atoms with van der Waals surface area (Å²) in [5, 5.41) is 1.07. The van der Waals surface area contributed by atoms with Crippen LogP contribution < -0.4 is 5.73 Å². The zero-order valence-electron chi connectivity index (χ0n) is 7.76. The molecule has 0 heterocycles. The summed E-state index contributed by atoms with van der Waals surface area (Å²) in [6.45, 7) is 1.66. The SMILES string of the molecule is CC(N)C(=O)Cc1ccc(Cl)cc1Cl. The van der Waals surface area contributed by atoms with E-state index >= 15 is 0 Å². The van der Waals surface area contributed by atoms with Crippen molar-refractivity contribution in [3.63, 3.8) is 0 Å². The van der Waals surface area contributed by atoms with Gasteiger partial charge in [-0.1, -0.05) is 29.3 Å². The van der Waals surface area contributed by atoms with E-state index in [9.17, 15) is 4.79 Å². The second kappa shape index (κ2) is 4.78. The van der Waals surface area contributed by atoms with Crippen molar-refractivity contribution in [3.05, 3.63) is 33.8 Å². The minimum absolute atomic E-state index is 0.0331. The van der Waals surface area contributed by atoms with Crippen molar-refractivity contribution in [1.82, 2.24) is 0 Å². The third kappa shape index (κ3) is 2.98. The van der Waals surface area contributed by atoms with Crippen LogP contribution in [0.25, 0.3) is 0 Å². The summed E-state index contributed by atoms with van der Waals surface area (Å²) in [5.74, 6) is -0.0331. The molecule has 0 amide bonds. The molecule has 0 spiro atoms. The molecule has 2 nitrogen and oxygen atoms in total. The Morgan fingerprint density at radius 3 is 2.64 bits per heavy atom. The molecule has 0 bridgehead atoms. The van der Waals surface area contributed by atoms with E-state index in [2.05, 4.69) is 0 Å². The molecule has 0 fully saturated rings. The van der Waals surface area contributed by atoms with Gasteiger partial charge in [0.2, 0.25) is 0 Å². The van der Waals surface area contributed by atoms with Gasteiger partial charge in [0.25, 0.3) is 0 Å². The predicted octanol–water partition coefficient (Wildman–Crippen LogP) is 2.45. The first-order valence-corrected chi connectivity index (χ1v) is 4.98. The molecule has 0 saturated heterocycles. The number of carbonyl (C=O) groups excluding carboxylic acids is 1. The van der Waals surface area contributed by atoms with Crippen molar-refractivity contribution in [3.8, 4) is 0 Å². The molecular weight excluding hydrogens is 221 g/mol. The summed E-state index contributed by atoms with van der Waals surface area (Å²) < 4.78 is 0. The molecule has 0 aliphatic heterocycles. The normalized spacial score (nSPS) is 12.6. The van der Waals surface area contributed by atoms with Gasteiger partial charge in [-0.25, -0.2) is 0 Å². The number of benzene rings is 1. The van der Waals surface area contributed by atoms with Gasteiger partial charge in [-0.05, 0) is 24.6 Å². The van der Waals surface area contributed by atoms with Crippen LogP contribution in [0.4, 0.5) is 0 Å². The van der Waals surface area contributed by atoms with Crippen LogP contribution in [0.1, 0.15) is 12.5 Å². The van der Waals surface area contributed by atoms with Crippen LogP contribution in [-0.2, 0) is 11.2 Å². The zero-order valence-corrected chi connectivity index (χ0v) is 9.27. The monoisotopic (exact) mass is 231 g/mol. The second-order valence-electron chi connectivity index (χ2n) is 3.17. The first-order chi connectivity index (χ1) is 6.50. The highest BCUT2D eigenvalue weighted by Gasteiger charge is 2.10. The lowest BCUT2D eigenvalue weighted by molar-refractivity contribution is -0.119. The Labute approximate surface area is 93.0 Å². The number of hydrogen-bond donors (Lipinski definition) is 1. The fourth-order valence-electron chi connectivity index (χ4n) is 1.01. The lowest BCUT2D eigenvalue weighted by Crippen LogP contribution is -2.28. The second-order valence-corrected chi connectivity index (χ2v) is 4.01. The number of halogens is 2. The molecule has 0 saturated carbocycles. The van der Waals surface area contributed by atoms with Gasteiger partial charge in [0.15, 0.2) is 5.78 Å². The molecule has 0 aromatic heterocycles. The Morgan fingerprint density at radius 2 is 2.14 bits per heavy atom. The highest BCUT2D eigenvalue weighted by molar-refractivity contribution is 6.35. The van der Waals surface area contributed by atoms with Gasteiger partial charge in [0, 0.05) is 16.5 Å². The van der Waals surface area contributed by atoms with Crippen molar-refractivity contribution in [2.75, 3.05) is 0 Å². The van der Waals surface area contributed by atoms with Crippen molar-refractivity contribution >= 4 is 29.0 Å². The van der Waals surface area contributed by atoms with E-state index in [4.69, 9.17) is 28.9 Å². The third-order valence-corrected chi connectivity index (χ3v) is 2.47. The number of ketones is 1. The van der Waals surface area contributed by atoms with Gasteiger partial charge in [-0.15, -0.1) is 0 Å². The van der Waals surface area contributed by atoms with E-state index in [-0.39, 0.29) is 12.2 Å². The minimum Gasteiger partial charge on any atom is -0.322 e. The quantitative estimate of drug-likeness (QED) is 0.869. The number of carbonyl (C=O) groups is 1. The number of Topliss-reactive ketones (excluding diaryl/α,β-unsaturated/α-hetero) is 1. The summed E-state index contributed by atoms with van der Waals surface area (Å²) in [7, 11) is 0. The lowest BCUT2D eigenvalue weighted by atomic mass is 10.1. The molecule has 2 N–H and O–H groups in total. The smallest absolute Gasteiger partial charge is 0.153 e. The van der Waals surface area contributed by atoms with Crippen LogP contribution in [0, 0.1) is 0 Å². The van der Waals surface area contributed by atoms with Crippen LogP contribution in [0.5, 0.6) is 0 Å². The van der Waals surface area contributed by atoms with Gasteiger partial charge in [-0.3, -0.25) is 4.79 Å². The van der Waals surface area contributed by atoms with Gasteiger partial charge < -0.3 is 5.73 Å². The van der Waals surface area contributed by atoms with Gasteiger partial charge in [0.05, 0.1) is 6.04 Å². The third-order valence-electron chi connectivity index (χ3n) is 1.89. The van der Waals surface area contributed by atoms with Crippen molar-refractivity contribution in [1.29, 1.82) is 0 Å². The minimum atomic E-state index is -0.457. The highest BCUT2D eigenvalue weighted by atomic mass is 35.5. The van der Waals surface area contributed by atoms with Crippen LogP contribution in [-0.4, -0.2) is 11.8 Å². The average Bonchev–Trinajstić information content (AvgIpc) is 2.09. The van der Waals surface area contributed by atoms with Crippen molar-refractivity contribution < 1.29 is 4.79 Å². The van der Waals surface area contributed by atoms with Crippen LogP contribution in [0.2, 0.25) is 10.0 Å². The summed E-state index contributed by atoms with van der Waals surface area (Å²) in [6.07, 6.45) is 0.258. The Kier molecular flexibility index (Phi) is 3.93. The molecular formula is C10H11Cl2NO. The van der Waals surface area contributed by atoms with Crippen LogP contribution >= 0.6 is 23.2 Å². The largest absolute Gasteiger partial charge is 0.322 e. The van der Waals surface area contributed by atoms with E-state index < -0.39 is 6.04 Å². The van der Waals surface area contributed by atoms with E-state index in [1.54, 1.807) is 25.1 Å². The molecule has 1 aromatic carbocycles. The van der Waals surface area contributed by atoms with Crippen molar-refractivity contribution in [2.24, 2.45) is 5.73 Å². The standard InChI is InChI=1S/C10H11Cl2NO/c1-6(13)10(14)4-7-2-3-8(11)5-9(7)12/h2-3,5-6H,4,13H2,1H3. The maximum Gasteiger partial charge on any atom is 0.153 e. The Hall–Kier alpha value is -0.570. The molecule has 4 heteroatoms. The molecule has 1 rings (SSSR count). The van der Waals surface area contributed by atoms with Crippen molar-refractivity contribution in [2.45, 2.75) is 19.4 Å². The molecule has 0 radical (unpaired) electrons. The van der Waals surface area contributed by atoms with E-state index in [1.807, 2.05) is 0 Å². The fraction of sp³-hybridized carbons (Fsp3) is 0.300. The molecule has 14 heavy (non-hydrogen) atoms. The van der Waals surface area contributed by atoms with E-state index in [0.29, 0.717) is 10.0 Å². The topological polar surface area (TPSA) is 43.1 Å². The Bertz CT molecular complexity index is 350. The number of nitrogens with two attached hydrogens (primary N) is 1. The Morgan fingerprint density at radius 1 is 1.50 bits per heavy atom. The Balaban J connectivity index is 2.82. The van der Waals surface area contributed by atoms with Gasteiger partial charge in [-0.2, -0.15) is 0 Å². The van der Waals surface area contributed by atoms with Gasteiger partial charge >= 0.3 is 0 Å². The summed E-state index contributed by atoms with van der Waals surface area (Å²) in [6, 6.07) is 4.61. The van der Waals surface area contributed by atoms with Crippen LogP contribution in [0.15, 0.2) is 18.2 Å². The molecule has 1 atom stereocenters. The zero-order chi connectivity index (χ0) is 10.7. The summed E-state index contributed by atoms with van der Waals surface area (Å²) >= 11 is 11.6. The molecule has 1 unspecified atom stereocenters. The average molecular weight is 232 g/mol. The summed E-state index contributed by atoms with van der Waals surface area (Å²) in [4.78, 5) is 11.3. The van der Waals surface area contributed by atoms with Crippen LogP contribution in [0.3, 0.4) is 0 Å². The highest BCUT2D eigenvalue weighted by Crippen LogP contribution is 2.21. The first-order valence-electron chi connectivity index (χ1n) is 4.23. The molecule has 0 aliphatic carbocycles. The number of rotatable bonds is 3. The lowest BCUT2D eigenvalue weighted by Gasteiger charge is -2.06. The van der Waals surface area contributed by atoms with E-state index in [0.717, 1.165) is 5.56 Å². The molecule has 76 valence electrons. The first kappa shape index (κ1) is 11.5. The van der Waals surface area contributed by atoms with E-state index in [1.165, 1.54) is 0 Å². The van der Waals surface area contributed by atoms with Gasteiger partial charge in [0.1, 0.15) is 0 Å². The number of hydrogen-bond acceptors (Lipinski definition) is 2. The summed E-state index contributed by atoms with van der Waals surface area (Å²) in [5.41, 5.74) is 6.21. The molecule has 0 aliphatic rings.